The highest BCUT2D eigenvalue weighted by atomic mass is 15.2. The van der Waals surface area contributed by atoms with Crippen LogP contribution < -0.4 is 16.0 Å². The second-order valence-electron chi connectivity index (χ2n) is 3.99. The van der Waals surface area contributed by atoms with Crippen LogP contribution >= 0.6 is 0 Å². The number of nitrogens with zero attached hydrogens (tertiary/aromatic N) is 3. The van der Waals surface area contributed by atoms with Crippen LogP contribution in [0.5, 0.6) is 0 Å². The normalized spacial score (nSPS) is 15.4. The number of fused-ring (bicyclic) bond motifs is 1. The second-order valence-corrected chi connectivity index (χ2v) is 3.99. The zero-order valence-electron chi connectivity index (χ0n) is 10.4. The summed E-state index contributed by atoms with van der Waals surface area (Å²) in [5, 5.41) is 3.09. The van der Waals surface area contributed by atoms with Crippen molar-refractivity contribution in [2.24, 2.45) is 10.7 Å². The van der Waals surface area contributed by atoms with Crippen LogP contribution in [0.3, 0.4) is 0 Å². The Hall–Kier alpha value is -2.04. The van der Waals surface area contributed by atoms with Gasteiger partial charge >= 0.3 is 0 Å². The smallest absolute Gasteiger partial charge is 0.150 e. The molecule has 0 aromatic carbocycles. The van der Waals surface area contributed by atoms with Crippen molar-refractivity contribution in [1.82, 2.24) is 4.98 Å². The van der Waals surface area contributed by atoms with Crippen molar-refractivity contribution in [1.29, 1.82) is 0 Å². The molecule has 3 N–H and O–H groups in total. The Morgan fingerprint density at radius 3 is 3.00 bits per heavy atom. The van der Waals surface area contributed by atoms with Crippen LogP contribution in [0.1, 0.15) is 5.56 Å². The lowest BCUT2D eigenvalue weighted by atomic mass is 10.0. The molecule has 1 aromatic rings. The number of nitrogens with two attached hydrogens (primary N) is 1. The summed E-state index contributed by atoms with van der Waals surface area (Å²) in [6, 6.07) is 1.94. The van der Waals surface area contributed by atoms with E-state index in [-0.39, 0.29) is 0 Å². The highest BCUT2D eigenvalue weighted by Gasteiger charge is 2.22. The van der Waals surface area contributed by atoms with Crippen molar-refractivity contribution in [3.63, 3.8) is 0 Å². The number of nitrogens with one attached hydrogen (secondary N) is 1. The van der Waals surface area contributed by atoms with E-state index in [0.29, 0.717) is 0 Å². The molecule has 1 aliphatic heterocycles. The number of anilines is 2. The van der Waals surface area contributed by atoms with Gasteiger partial charge in [0.25, 0.3) is 0 Å². The third kappa shape index (κ3) is 1.84. The first-order valence-electron chi connectivity index (χ1n) is 5.48. The van der Waals surface area contributed by atoms with E-state index in [2.05, 4.69) is 20.2 Å². The summed E-state index contributed by atoms with van der Waals surface area (Å²) in [5.41, 5.74) is 10.0. The number of aliphatic imine (C=N–C) groups is 1. The Balaban J connectivity index is 2.62. The minimum Gasteiger partial charge on any atom is -0.398 e. The van der Waals surface area contributed by atoms with Crippen LogP contribution in [0.15, 0.2) is 22.8 Å². The number of hydrogen-bond donors (Lipinski definition) is 2. The van der Waals surface area contributed by atoms with E-state index in [1.165, 1.54) is 0 Å². The van der Waals surface area contributed by atoms with Gasteiger partial charge in [0.15, 0.2) is 0 Å². The zero-order chi connectivity index (χ0) is 12.4. The number of hydrogen-bond acceptors (Lipinski definition) is 5. The summed E-state index contributed by atoms with van der Waals surface area (Å²) < 4.78 is 0. The molecule has 2 heterocycles. The maximum atomic E-state index is 6.17. The predicted octanol–water partition coefficient (Wildman–Crippen LogP) is 0.944. The average Bonchev–Trinajstić information content (AvgIpc) is 2.35. The maximum absolute atomic E-state index is 6.17. The van der Waals surface area contributed by atoms with Crippen molar-refractivity contribution in [3.8, 4) is 0 Å². The van der Waals surface area contributed by atoms with E-state index in [1.807, 2.05) is 26.4 Å². The lowest BCUT2D eigenvalue weighted by Gasteiger charge is -2.30. The summed E-state index contributed by atoms with van der Waals surface area (Å²) >= 11 is 0. The molecular formula is C12H17N5. The van der Waals surface area contributed by atoms with Gasteiger partial charge in [0.1, 0.15) is 5.82 Å². The van der Waals surface area contributed by atoms with Gasteiger partial charge in [-0.1, -0.05) is 0 Å². The fourth-order valence-corrected chi connectivity index (χ4v) is 2.10. The molecule has 1 aliphatic rings. The Morgan fingerprint density at radius 2 is 2.35 bits per heavy atom. The van der Waals surface area contributed by atoms with E-state index in [4.69, 9.17) is 5.73 Å². The molecule has 17 heavy (non-hydrogen) atoms. The largest absolute Gasteiger partial charge is 0.398 e. The first-order valence-corrected chi connectivity index (χ1v) is 5.48. The van der Waals surface area contributed by atoms with Gasteiger partial charge in [0.2, 0.25) is 0 Å². The van der Waals surface area contributed by atoms with Crippen molar-refractivity contribution in [2.45, 2.75) is 0 Å². The minimum absolute atomic E-state index is 0.747. The van der Waals surface area contributed by atoms with Crippen LogP contribution in [0, 0.1) is 0 Å². The lowest BCUT2D eigenvalue weighted by molar-refractivity contribution is 0.981. The summed E-state index contributed by atoms with van der Waals surface area (Å²) in [6.45, 7) is 0.747. The SMILES string of the molecule is CN=CC1=C(N)c2ccnc(NC)c2N(C)C1. The molecule has 0 saturated carbocycles. The lowest BCUT2D eigenvalue weighted by Crippen LogP contribution is -2.29. The van der Waals surface area contributed by atoms with Gasteiger partial charge in [-0.15, -0.1) is 0 Å². The van der Waals surface area contributed by atoms with E-state index in [1.54, 1.807) is 13.2 Å². The van der Waals surface area contributed by atoms with Crippen molar-refractivity contribution in [2.75, 3.05) is 37.9 Å². The molecule has 0 aliphatic carbocycles. The first-order chi connectivity index (χ1) is 8.19. The minimum atomic E-state index is 0.747. The number of rotatable bonds is 2. The Morgan fingerprint density at radius 1 is 1.59 bits per heavy atom. The highest BCUT2D eigenvalue weighted by molar-refractivity contribution is 5.97. The van der Waals surface area contributed by atoms with Crippen LogP contribution in [0.4, 0.5) is 11.5 Å². The monoisotopic (exact) mass is 231 g/mol. The Labute approximate surface area is 101 Å². The molecule has 1 aromatic heterocycles. The molecule has 0 unspecified atom stereocenters. The number of aromatic nitrogens is 1. The molecule has 5 nitrogen and oxygen atoms in total. The quantitative estimate of drug-likeness (QED) is 0.743. The summed E-state index contributed by atoms with van der Waals surface area (Å²) in [5.74, 6) is 0.848. The van der Waals surface area contributed by atoms with E-state index >= 15 is 0 Å². The highest BCUT2D eigenvalue weighted by Crippen LogP contribution is 2.35. The Bertz CT molecular complexity index is 490. The molecule has 0 fully saturated rings. The van der Waals surface area contributed by atoms with Crippen LogP contribution in [0.25, 0.3) is 5.70 Å². The predicted molar refractivity (Wildman–Crippen MR) is 72.6 cm³/mol. The molecule has 5 heteroatoms. The standard InChI is InChI=1S/C12H17N5/c1-14-6-8-7-17(3)11-9(10(8)13)4-5-16-12(11)15-2/h4-6H,7,13H2,1-3H3,(H,15,16). The number of likely N-dealkylation sites (N-methyl/N-ethyl adjacent to an activating group) is 1. The van der Waals surface area contributed by atoms with Crippen LogP contribution in [0.2, 0.25) is 0 Å². The fourth-order valence-electron chi connectivity index (χ4n) is 2.10. The molecule has 0 spiro atoms. The first kappa shape index (κ1) is 11.4. The maximum Gasteiger partial charge on any atom is 0.150 e. The van der Waals surface area contributed by atoms with Crippen LogP contribution in [-0.2, 0) is 0 Å². The topological polar surface area (TPSA) is 66.5 Å². The summed E-state index contributed by atoms with van der Waals surface area (Å²) in [7, 11) is 5.64. The van der Waals surface area contributed by atoms with Crippen molar-refractivity contribution < 1.29 is 0 Å². The molecule has 0 saturated heterocycles. The van der Waals surface area contributed by atoms with E-state index in [9.17, 15) is 0 Å². The molecule has 0 bridgehead atoms. The average molecular weight is 231 g/mol. The number of pyridine rings is 1. The third-order valence-corrected chi connectivity index (χ3v) is 2.87. The van der Waals surface area contributed by atoms with E-state index < -0.39 is 0 Å². The molecule has 90 valence electrons. The van der Waals surface area contributed by atoms with Gasteiger partial charge < -0.3 is 16.0 Å². The van der Waals surface area contributed by atoms with Gasteiger partial charge in [-0.25, -0.2) is 4.98 Å². The Kier molecular flexibility index (Phi) is 2.99. The van der Waals surface area contributed by atoms with Gasteiger partial charge in [-0.2, -0.15) is 0 Å². The zero-order valence-corrected chi connectivity index (χ0v) is 10.4. The second kappa shape index (κ2) is 4.45. The van der Waals surface area contributed by atoms with Gasteiger partial charge in [0, 0.05) is 56.9 Å². The van der Waals surface area contributed by atoms with Gasteiger partial charge in [0.05, 0.1) is 5.69 Å². The third-order valence-electron chi connectivity index (χ3n) is 2.87. The summed E-state index contributed by atoms with van der Waals surface area (Å²) in [6.07, 6.45) is 3.58. The van der Waals surface area contributed by atoms with Gasteiger partial charge in [-0.3, -0.25) is 4.99 Å². The molecular weight excluding hydrogens is 214 g/mol. The van der Waals surface area contributed by atoms with Crippen molar-refractivity contribution in [3.05, 3.63) is 23.4 Å². The summed E-state index contributed by atoms with van der Waals surface area (Å²) in [4.78, 5) is 10.5. The van der Waals surface area contributed by atoms with Crippen LogP contribution in [-0.4, -0.2) is 38.9 Å². The fraction of sp³-hybridized carbons (Fsp3) is 0.333. The van der Waals surface area contributed by atoms with E-state index in [0.717, 1.165) is 34.9 Å². The molecule has 2 rings (SSSR count). The molecule has 0 radical (unpaired) electrons. The molecule has 0 amide bonds. The van der Waals surface area contributed by atoms with Gasteiger partial charge in [-0.05, 0) is 6.07 Å². The molecule has 0 atom stereocenters. The van der Waals surface area contributed by atoms with Crippen molar-refractivity contribution >= 4 is 23.4 Å².